The molecule has 6 nitrogen and oxygen atoms in total. The molecular weight excluding hydrogens is 359 g/mol. The Labute approximate surface area is 155 Å². The SMILES string of the molecule is Cc1nc(NCCN2CCOCC2)cc(Nc2ccccc2C(F)(F)F)n1. The zero-order valence-corrected chi connectivity index (χ0v) is 15.0. The minimum atomic E-state index is -4.44. The molecule has 9 heteroatoms. The van der Waals surface area contributed by atoms with Gasteiger partial charge in [0, 0.05) is 32.2 Å². The van der Waals surface area contributed by atoms with Crippen LogP contribution in [0.25, 0.3) is 0 Å². The van der Waals surface area contributed by atoms with Crippen LogP contribution in [-0.2, 0) is 10.9 Å². The van der Waals surface area contributed by atoms with Crippen LogP contribution in [0, 0.1) is 6.92 Å². The molecule has 3 rings (SSSR count). The Morgan fingerprint density at radius 2 is 1.81 bits per heavy atom. The monoisotopic (exact) mass is 381 g/mol. The van der Waals surface area contributed by atoms with Crippen molar-refractivity contribution in [1.82, 2.24) is 14.9 Å². The van der Waals surface area contributed by atoms with Gasteiger partial charge in [0.2, 0.25) is 0 Å². The second-order valence-electron chi connectivity index (χ2n) is 6.23. The first-order valence-corrected chi connectivity index (χ1v) is 8.75. The molecule has 0 aliphatic carbocycles. The van der Waals surface area contributed by atoms with Gasteiger partial charge in [-0.3, -0.25) is 4.90 Å². The minimum Gasteiger partial charge on any atom is -0.379 e. The van der Waals surface area contributed by atoms with Crippen molar-refractivity contribution >= 4 is 17.3 Å². The minimum absolute atomic E-state index is 0.0395. The van der Waals surface area contributed by atoms with Crippen molar-refractivity contribution in [1.29, 1.82) is 0 Å². The van der Waals surface area contributed by atoms with Crippen LogP contribution in [0.1, 0.15) is 11.4 Å². The lowest BCUT2D eigenvalue weighted by Crippen LogP contribution is -2.39. The number of aryl methyl sites for hydroxylation is 1. The average molecular weight is 381 g/mol. The van der Waals surface area contributed by atoms with Crippen LogP contribution >= 0.6 is 0 Å². The predicted octanol–water partition coefficient (Wildman–Crippen LogP) is 3.29. The van der Waals surface area contributed by atoms with Crippen LogP contribution in [0.5, 0.6) is 0 Å². The number of benzene rings is 1. The lowest BCUT2D eigenvalue weighted by atomic mass is 10.1. The first kappa shape index (κ1) is 19.4. The number of aromatic nitrogens is 2. The molecule has 1 fully saturated rings. The zero-order valence-electron chi connectivity index (χ0n) is 15.0. The summed E-state index contributed by atoms with van der Waals surface area (Å²) >= 11 is 0. The number of rotatable bonds is 6. The van der Waals surface area contributed by atoms with Gasteiger partial charge in [-0.2, -0.15) is 13.2 Å². The quantitative estimate of drug-likeness (QED) is 0.801. The van der Waals surface area contributed by atoms with Gasteiger partial charge in [0.05, 0.1) is 24.5 Å². The fourth-order valence-corrected chi connectivity index (χ4v) is 2.87. The lowest BCUT2D eigenvalue weighted by molar-refractivity contribution is -0.136. The smallest absolute Gasteiger partial charge is 0.379 e. The summed E-state index contributed by atoms with van der Waals surface area (Å²) < 4.78 is 44.8. The largest absolute Gasteiger partial charge is 0.418 e. The van der Waals surface area contributed by atoms with E-state index in [1.165, 1.54) is 12.1 Å². The van der Waals surface area contributed by atoms with Gasteiger partial charge in [-0.1, -0.05) is 12.1 Å². The van der Waals surface area contributed by atoms with E-state index in [1.807, 2.05) is 0 Å². The van der Waals surface area contributed by atoms with Crippen molar-refractivity contribution < 1.29 is 17.9 Å². The molecule has 1 aromatic carbocycles. The van der Waals surface area contributed by atoms with Crippen LogP contribution < -0.4 is 10.6 Å². The van der Waals surface area contributed by atoms with E-state index < -0.39 is 11.7 Å². The van der Waals surface area contributed by atoms with E-state index in [0.717, 1.165) is 38.9 Å². The highest BCUT2D eigenvalue weighted by atomic mass is 19.4. The number of morpholine rings is 1. The molecule has 1 aliphatic heterocycles. The van der Waals surface area contributed by atoms with E-state index in [9.17, 15) is 13.2 Å². The Kier molecular flexibility index (Phi) is 6.12. The molecule has 0 unspecified atom stereocenters. The lowest BCUT2D eigenvalue weighted by Gasteiger charge is -2.26. The molecule has 2 heterocycles. The van der Waals surface area contributed by atoms with Gasteiger partial charge in [-0.15, -0.1) is 0 Å². The molecule has 0 bridgehead atoms. The zero-order chi connectivity index (χ0) is 19.3. The van der Waals surface area contributed by atoms with Crippen molar-refractivity contribution in [3.05, 3.63) is 41.7 Å². The summed E-state index contributed by atoms with van der Waals surface area (Å²) in [5, 5.41) is 5.97. The van der Waals surface area contributed by atoms with Crippen LogP contribution in [-0.4, -0.2) is 54.3 Å². The van der Waals surface area contributed by atoms with Crippen LogP contribution in [0.2, 0.25) is 0 Å². The number of hydrogen-bond acceptors (Lipinski definition) is 6. The van der Waals surface area contributed by atoms with Crippen LogP contribution in [0.3, 0.4) is 0 Å². The topological polar surface area (TPSA) is 62.3 Å². The maximum atomic E-state index is 13.2. The van der Waals surface area contributed by atoms with Crippen molar-refractivity contribution in [3.63, 3.8) is 0 Å². The van der Waals surface area contributed by atoms with E-state index in [2.05, 4.69) is 25.5 Å². The molecule has 2 aromatic rings. The molecule has 1 aromatic heterocycles. The van der Waals surface area contributed by atoms with Crippen molar-refractivity contribution in [2.75, 3.05) is 50.0 Å². The van der Waals surface area contributed by atoms with Gasteiger partial charge in [-0.05, 0) is 19.1 Å². The summed E-state index contributed by atoms with van der Waals surface area (Å²) in [5.74, 6) is 1.36. The number of anilines is 3. The Bertz CT molecular complexity index is 763. The van der Waals surface area contributed by atoms with Crippen molar-refractivity contribution in [3.8, 4) is 0 Å². The van der Waals surface area contributed by atoms with E-state index in [0.29, 0.717) is 24.0 Å². The molecule has 1 saturated heterocycles. The van der Waals surface area contributed by atoms with Crippen molar-refractivity contribution in [2.24, 2.45) is 0 Å². The first-order valence-electron chi connectivity index (χ1n) is 8.75. The highest BCUT2D eigenvalue weighted by Crippen LogP contribution is 2.35. The highest BCUT2D eigenvalue weighted by molar-refractivity contribution is 5.63. The Balaban J connectivity index is 1.67. The third-order valence-corrected chi connectivity index (χ3v) is 4.17. The van der Waals surface area contributed by atoms with Gasteiger partial charge in [0.25, 0.3) is 0 Å². The molecular formula is C18H22F3N5O. The molecule has 27 heavy (non-hydrogen) atoms. The first-order chi connectivity index (χ1) is 12.9. The maximum Gasteiger partial charge on any atom is 0.418 e. The van der Waals surface area contributed by atoms with Gasteiger partial charge in [-0.25, -0.2) is 9.97 Å². The average Bonchev–Trinajstić information content (AvgIpc) is 2.62. The molecule has 0 amide bonds. The Morgan fingerprint density at radius 1 is 1.11 bits per heavy atom. The number of nitrogens with zero attached hydrogens (tertiary/aromatic N) is 3. The van der Waals surface area contributed by atoms with E-state index in [-0.39, 0.29) is 5.69 Å². The summed E-state index contributed by atoms with van der Waals surface area (Å²) in [6, 6.07) is 6.94. The number of ether oxygens (including phenoxy) is 1. The third kappa shape index (κ3) is 5.54. The fourth-order valence-electron chi connectivity index (χ4n) is 2.87. The third-order valence-electron chi connectivity index (χ3n) is 4.17. The number of nitrogens with one attached hydrogen (secondary N) is 2. The normalized spacial score (nSPS) is 15.6. The summed E-state index contributed by atoms with van der Waals surface area (Å²) in [4.78, 5) is 10.8. The van der Waals surface area contributed by atoms with Crippen molar-refractivity contribution in [2.45, 2.75) is 13.1 Å². The second kappa shape index (κ2) is 8.53. The summed E-state index contributed by atoms with van der Waals surface area (Å²) in [6.45, 7) is 6.48. The number of para-hydroxylation sites is 1. The maximum absolute atomic E-state index is 13.2. The summed E-state index contributed by atoms with van der Waals surface area (Å²) in [6.07, 6.45) is -4.44. The fraction of sp³-hybridized carbons (Fsp3) is 0.444. The van der Waals surface area contributed by atoms with E-state index in [1.54, 1.807) is 19.1 Å². The number of halogens is 3. The van der Waals surface area contributed by atoms with E-state index >= 15 is 0 Å². The molecule has 0 saturated carbocycles. The second-order valence-corrected chi connectivity index (χ2v) is 6.23. The Hall–Kier alpha value is -2.39. The number of hydrogen-bond donors (Lipinski definition) is 2. The molecule has 0 atom stereocenters. The Morgan fingerprint density at radius 3 is 2.56 bits per heavy atom. The molecule has 0 radical (unpaired) electrons. The van der Waals surface area contributed by atoms with Gasteiger partial charge >= 0.3 is 6.18 Å². The standard InChI is InChI=1S/C18H22F3N5O/c1-13-23-16(22-6-7-26-8-10-27-11-9-26)12-17(24-13)25-15-5-3-2-4-14(15)18(19,20)21/h2-5,12H,6-11H2,1H3,(H2,22,23,24,25). The molecule has 1 aliphatic rings. The predicted molar refractivity (Wildman–Crippen MR) is 97.2 cm³/mol. The van der Waals surface area contributed by atoms with Gasteiger partial charge < -0.3 is 15.4 Å². The van der Waals surface area contributed by atoms with Crippen LogP contribution in [0.15, 0.2) is 30.3 Å². The van der Waals surface area contributed by atoms with Gasteiger partial charge in [0.1, 0.15) is 17.5 Å². The molecule has 146 valence electrons. The number of alkyl halides is 3. The summed E-state index contributed by atoms with van der Waals surface area (Å²) in [7, 11) is 0. The molecule has 2 N–H and O–H groups in total. The van der Waals surface area contributed by atoms with Gasteiger partial charge in [0.15, 0.2) is 0 Å². The molecule has 0 spiro atoms. The summed E-state index contributed by atoms with van der Waals surface area (Å²) in [5.41, 5.74) is -0.773. The van der Waals surface area contributed by atoms with E-state index in [4.69, 9.17) is 4.74 Å². The highest BCUT2D eigenvalue weighted by Gasteiger charge is 2.33. The van der Waals surface area contributed by atoms with Crippen LogP contribution in [0.4, 0.5) is 30.5 Å².